The molecule has 5 fully saturated rings. The van der Waals surface area contributed by atoms with Gasteiger partial charge in [-0.15, -0.1) is 0 Å². The maximum atomic E-state index is 13.7. The number of nitrogens with zero attached hydrogens (tertiary/aromatic N) is 8. The number of ether oxygens (including phenoxy) is 4. The molecule has 32 heteroatoms. The van der Waals surface area contributed by atoms with Gasteiger partial charge in [0.05, 0.1) is 111 Å². The summed E-state index contributed by atoms with van der Waals surface area (Å²) < 4.78 is 32.4. The van der Waals surface area contributed by atoms with Crippen molar-refractivity contribution in [2.24, 2.45) is 23.7 Å². The summed E-state index contributed by atoms with van der Waals surface area (Å²) >= 11 is 3.44. The van der Waals surface area contributed by atoms with Crippen molar-refractivity contribution in [3.63, 3.8) is 0 Å². The van der Waals surface area contributed by atoms with Crippen LogP contribution in [0.25, 0.3) is 77.7 Å². The van der Waals surface area contributed by atoms with E-state index in [2.05, 4.69) is 215 Å². The van der Waals surface area contributed by atoms with Crippen LogP contribution in [0.15, 0.2) is 175 Å². The quantitative estimate of drug-likeness (QED) is 0.0177. The van der Waals surface area contributed by atoms with E-state index < -0.39 is 55.7 Å². The Bertz CT molecular complexity index is 5720. The molecule has 8 atom stereocenters. The first-order chi connectivity index (χ1) is 61.0. The van der Waals surface area contributed by atoms with Gasteiger partial charge in [0, 0.05) is 41.8 Å². The van der Waals surface area contributed by atoms with Crippen molar-refractivity contribution in [1.29, 1.82) is 0 Å². The summed E-state index contributed by atoms with van der Waals surface area (Å²) in [6.07, 6.45) is 9.20. The van der Waals surface area contributed by atoms with Crippen molar-refractivity contribution < 1.29 is 66.6 Å². The topological polar surface area (TPSA) is 368 Å². The van der Waals surface area contributed by atoms with Crippen molar-refractivity contribution in [2.45, 2.75) is 181 Å². The number of aromatic nitrogens is 8. The highest BCUT2D eigenvalue weighted by atomic mass is 79.9. The van der Waals surface area contributed by atoms with Crippen LogP contribution in [0.3, 0.4) is 0 Å². The molecule has 10 aromatic rings. The average molecular weight is 1810 g/mol. The first-order valence-electron chi connectivity index (χ1n) is 43.5. The molecule has 5 saturated heterocycles. The lowest BCUT2D eigenvalue weighted by Gasteiger charge is -2.32. The molecule has 4 aromatic heterocycles. The minimum Gasteiger partial charge on any atom is -0.453 e. The van der Waals surface area contributed by atoms with Gasteiger partial charge in [-0.05, 0) is 169 Å². The summed E-state index contributed by atoms with van der Waals surface area (Å²) in [6.45, 7) is 33.6. The molecule has 9 heterocycles. The highest BCUT2D eigenvalue weighted by Gasteiger charge is 2.52. The molecule has 15 rings (SSSR count). The minimum atomic E-state index is -0.740. The van der Waals surface area contributed by atoms with Gasteiger partial charge >= 0.3 is 31.5 Å². The van der Waals surface area contributed by atoms with E-state index in [0.717, 1.165) is 136 Å². The van der Waals surface area contributed by atoms with Gasteiger partial charge < -0.3 is 89.1 Å². The molecule has 30 nitrogen and oxygen atoms in total. The number of aromatic amines is 4. The largest absolute Gasteiger partial charge is 0.494 e. The number of hydrogen-bond acceptors (Lipinski definition) is 18. The van der Waals surface area contributed by atoms with Crippen LogP contribution in [0.1, 0.15) is 169 Å². The van der Waals surface area contributed by atoms with Gasteiger partial charge in [-0.25, -0.2) is 39.1 Å². The van der Waals surface area contributed by atoms with Gasteiger partial charge in [0.25, 0.3) is 0 Å². The Morgan fingerprint density at radius 1 is 0.406 bits per heavy atom. The maximum Gasteiger partial charge on any atom is 0.494 e. The third kappa shape index (κ3) is 20.9. The van der Waals surface area contributed by atoms with Gasteiger partial charge in [-0.2, -0.15) is 0 Å². The van der Waals surface area contributed by atoms with Crippen LogP contribution in [0.4, 0.5) is 19.2 Å². The van der Waals surface area contributed by atoms with Gasteiger partial charge in [-0.3, -0.25) is 19.2 Å². The number of alkyl carbamates (subject to hydrolysis) is 4. The van der Waals surface area contributed by atoms with E-state index in [0.29, 0.717) is 50.7 Å². The van der Waals surface area contributed by atoms with Crippen LogP contribution >= 0.6 is 15.9 Å². The molecule has 8 N–H and O–H groups in total. The Morgan fingerprint density at radius 2 is 0.695 bits per heavy atom. The third-order valence-electron chi connectivity index (χ3n) is 24.9. The van der Waals surface area contributed by atoms with Gasteiger partial charge in [0.15, 0.2) is 0 Å². The lowest BCUT2D eigenvalue weighted by Crippen LogP contribution is -2.51. The number of rotatable bonds is 22. The maximum absolute atomic E-state index is 13.7. The normalized spacial score (nSPS) is 18.6. The summed E-state index contributed by atoms with van der Waals surface area (Å²) in [4.78, 5) is 141. The molecule has 0 saturated carbocycles. The molecule has 0 bridgehead atoms. The molecule has 8 amide bonds. The fourth-order valence-electron chi connectivity index (χ4n) is 16.9. The van der Waals surface area contributed by atoms with Crippen LogP contribution in [-0.4, -0.2) is 205 Å². The molecule has 5 aliphatic rings. The second-order valence-corrected chi connectivity index (χ2v) is 36.6. The summed E-state index contributed by atoms with van der Waals surface area (Å²) in [5, 5.41) is 15.1. The molecule has 0 aliphatic carbocycles. The number of methoxy groups -OCH3 is 4. The van der Waals surface area contributed by atoms with E-state index in [1.807, 2.05) is 102 Å². The van der Waals surface area contributed by atoms with E-state index in [1.54, 1.807) is 22.2 Å². The first kappa shape index (κ1) is 93.2. The zero-order chi connectivity index (χ0) is 91.9. The smallest absolute Gasteiger partial charge is 0.453 e. The summed E-state index contributed by atoms with van der Waals surface area (Å²) in [5.74, 6) is 1.78. The standard InChI is InChI=1S/C45H52N8O6.C30H39BN4O5.C21H25BrN4O3/c1-25(2)38(50-44(56)58-6)42(54)52-18-8-9-36(52)40-46-23-35(49-40)33-17-16-31-20-30(14-15-32(31)21-33)28-10-12-29(13-11-28)34-22-47-41(48-34)37-19-27(5)24-53(37)43(55)39(26(3)4)51-45(57)59-7;1-18(2)25(34-28(37)38-7)27(36)35-14-8-9-24(35)26-32-17-23(33-26)21-11-10-20-16-22(13-12-19(20)15-21)31-39-29(3,4)30(5,6)40-31;1-12(2)18(25-21(28)29-4)20(27)26-11-13(3)9-17(26)19-23-10-16(24-19)14-5-7-15(22)8-6-14/h10-17,20-23,25-26,36-39H,5,8-9,18-19,24H2,1-4,6-7H3,(H,46,49)(H,47,48)(H,50,56)(H,51,57);10-13,15-18,24-25H,8-9,14H2,1-7H3,(H,32,33)(H,34,37);5-8,10,12,17-18H,3,9,11H2,1-2,4H3,(H,23,24)(H,25,28)/t36?,37-,38-,39-;24?,25-;17-,18-/m000/s1. The van der Waals surface area contributed by atoms with Crippen LogP contribution in [0, 0.1) is 23.7 Å². The number of halogens is 1. The number of fused-ring (bicyclic) bond motifs is 2. The fraction of sp³-hybridized carbons (Fsp3) is 0.417. The Labute approximate surface area is 754 Å². The van der Waals surface area contributed by atoms with Crippen LogP contribution in [0.2, 0.25) is 0 Å². The Hall–Kier alpha value is -12.4. The van der Waals surface area contributed by atoms with E-state index in [4.69, 9.17) is 28.5 Å². The predicted molar refractivity (Wildman–Crippen MR) is 494 cm³/mol. The van der Waals surface area contributed by atoms with E-state index >= 15 is 0 Å². The van der Waals surface area contributed by atoms with E-state index in [1.165, 1.54) is 28.4 Å². The summed E-state index contributed by atoms with van der Waals surface area (Å²) in [5.41, 5.74) is 11.7. The average Bonchev–Trinajstić information content (AvgIpc) is 1.65. The van der Waals surface area contributed by atoms with Gasteiger partial charge in [0.1, 0.15) is 47.5 Å². The van der Waals surface area contributed by atoms with Gasteiger partial charge in [0.2, 0.25) is 23.6 Å². The predicted octanol–water partition coefficient (Wildman–Crippen LogP) is 16.2. The number of nitrogens with one attached hydrogen (secondary N) is 8. The van der Waals surface area contributed by atoms with E-state index in [9.17, 15) is 38.4 Å². The monoisotopic (exact) mass is 1810 g/mol. The number of imidazole rings is 4. The summed E-state index contributed by atoms with van der Waals surface area (Å²) in [6, 6.07) is 37.7. The Balaban J connectivity index is 0.000000176. The molecule has 5 aliphatic heterocycles. The molecule has 128 heavy (non-hydrogen) atoms. The number of hydrogen-bond donors (Lipinski definition) is 8. The fourth-order valence-corrected chi connectivity index (χ4v) is 17.2. The van der Waals surface area contributed by atoms with Crippen molar-refractivity contribution in [1.82, 2.24) is 80.7 Å². The zero-order valence-electron chi connectivity index (χ0n) is 75.5. The summed E-state index contributed by atoms with van der Waals surface area (Å²) in [7, 11) is 4.75. The Kier molecular flexibility index (Phi) is 29.0. The van der Waals surface area contributed by atoms with Crippen molar-refractivity contribution in [3.05, 3.63) is 198 Å². The first-order valence-corrected chi connectivity index (χ1v) is 44.3. The number of benzene rings is 6. The van der Waals surface area contributed by atoms with E-state index in [-0.39, 0.29) is 82.7 Å². The number of H-pyrrole nitrogens is 4. The Morgan fingerprint density at radius 3 is 1.05 bits per heavy atom. The van der Waals surface area contributed by atoms with Crippen molar-refractivity contribution in [3.8, 4) is 56.2 Å². The van der Waals surface area contributed by atoms with Crippen LogP contribution < -0.4 is 26.7 Å². The SMILES string of the molecule is C=C1C[C@@H](c2ncc(-c3ccc(-c4ccc5cc(-c6cnc(C7CCCN7C(=O)[C@@H](NC(=O)OC)C(C)C)[nH]6)ccc5c4)cc3)[nH]2)N(C(=O)[C@@H](NC(=O)OC)C(C)C)C1.C=C1C[C@@H](c2ncc(-c3ccc(Br)cc3)[nH]2)N(C(=O)[C@@H](NC(=O)OC)C(C)C)C1.COC(=O)N[C@H](C(=O)N1CCCC1c1ncc(-c2ccc3cc(B4OC(C)(C)C(C)(C)O4)ccc3c2)[nH]1)C(C)C. The number of amides is 8. The zero-order valence-corrected chi connectivity index (χ0v) is 77.1. The van der Waals surface area contributed by atoms with Crippen LogP contribution in [-0.2, 0) is 47.4 Å². The molecule has 0 radical (unpaired) electrons. The highest BCUT2D eigenvalue weighted by molar-refractivity contribution is 9.10. The lowest BCUT2D eigenvalue weighted by atomic mass is 9.78. The highest BCUT2D eigenvalue weighted by Crippen LogP contribution is 2.42. The molecule has 674 valence electrons. The number of carbonyl (C=O) groups is 8. The molecular formula is C96H116BBrN16O14. The van der Waals surface area contributed by atoms with Gasteiger partial charge in [-0.1, -0.05) is 187 Å². The molecule has 6 aromatic carbocycles. The molecule has 2 unspecified atom stereocenters. The van der Waals surface area contributed by atoms with Crippen LogP contribution in [0.5, 0.6) is 0 Å². The second-order valence-electron chi connectivity index (χ2n) is 35.7. The van der Waals surface area contributed by atoms with Crippen molar-refractivity contribution >= 4 is 98.1 Å². The third-order valence-corrected chi connectivity index (χ3v) is 25.4. The van der Waals surface area contributed by atoms with Crippen molar-refractivity contribution in [2.75, 3.05) is 54.6 Å². The number of likely N-dealkylation sites (tertiary alicyclic amines) is 4. The molecule has 0 spiro atoms. The lowest BCUT2D eigenvalue weighted by molar-refractivity contribution is -0.136. The number of carbonyl (C=O) groups excluding carboxylic acids is 8. The molecular weight excluding hydrogens is 1690 g/mol. The second kappa shape index (κ2) is 39.9. The minimum absolute atomic E-state index is 0.0806.